The largest absolute Gasteiger partial charge is 0.480 e. The molecule has 28 heavy (non-hydrogen) atoms. The molecule has 0 aliphatic rings. The molecule has 0 unspecified atom stereocenters. The fourth-order valence-corrected chi connectivity index (χ4v) is 3.23. The average Bonchev–Trinajstić information content (AvgIpc) is 2.67. The lowest BCUT2D eigenvalue weighted by Crippen LogP contribution is -2.37. The van der Waals surface area contributed by atoms with Crippen LogP contribution in [0.15, 0.2) is 66.7 Å². The van der Waals surface area contributed by atoms with Crippen LogP contribution in [-0.4, -0.2) is 12.0 Å². The van der Waals surface area contributed by atoms with Crippen molar-refractivity contribution in [2.75, 3.05) is 0 Å². The van der Waals surface area contributed by atoms with E-state index in [4.69, 9.17) is 4.74 Å². The Hall–Kier alpha value is -2.81. The minimum atomic E-state index is -0.581. The summed E-state index contributed by atoms with van der Waals surface area (Å²) in [6.07, 6.45) is -0.581. The third-order valence-corrected chi connectivity index (χ3v) is 5.06. The molecule has 0 radical (unpaired) electrons. The number of carbonyl (C=O) groups excluding carboxylic acids is 1. The SMILES string of the molecule is C[C@H](NC(=O)[C@@H](C)Oc1cccc2ccccc12)c1ccc(C(C)(C)C)cc1. The standard InChI is InChI=1S/C25H29NO2/c1-17(19-13-15-21(16-14-19)25(3,4)5)26-24(27)18(2)28-23-12-8-10-20-9-6-7-11-22(20)23/h6-18H,1-5H3,(H,26,27)/t17-,18+/m0/s1. The van der Waals surface area contributed by atoms with Crippen molar-refractivity contribution in [1.82, 2.24) is 5.32 Å². The van der Waals surface area contributed by atoms with Gasteiger partial charge in [0.1, 0.15) is 5.75 Å². The van der Waals surface area contributed by atoms with Gasteiger partial charge in [-0.05, 0) is 41.8 Å². The third-order valence-electron chi connectivity index (χ3n) is 5.06. The molecular formula is C25H29NO2. The lowest BCUT2D eigenvalue weighted by atomic mass is 9.86. The zero-order chi connectivity index (χ0) is 20.3. The molecule has 1 amide bonds. The molecule has 0 aliphatic heterocycles. The van der Waals surface area contributed by atoms with Gasteiger partial charge in [-0.25, -0.2) is 0 Å². The number of nitrogens with one attached hydrogen (secondary N) is 1. The van der Waals surface area contributed by atoms with Crippen LogP contribution in [-0.2, 0) is 10.2 Å². The molecule has 2 atom stereocenters. The van der Waals surface area contributed by atoms with Crippen LogP contribution < -0.4 is 10.1 Å². The molecule has 0 fully saturated rings. The molecule has 1 N–H and O–H groups in total. The second-order valence-corrected chi connectivity index (χ2v) is 8.34. The first-order valence-electron chi connectivity index (χ1n) is 9.81. The number of amides is 1. The first-order chi connectivity index (χ1) is 13.3. The Morgan fingerprint density at radius 1 is 0.893 bits per heavy atom. The fraction of sp³-hybridized carbons (Fsp3) is 0.320. The predicted molar refractivity (Wildman–Crippen MR) is 116 cm³/mol. The Bertz CT molecular complexity index is 949. The topological polar surface area (TPSA) is 38.3 Å². The van der Waals surface area contributed by atoms with Crippen LogP contribution >= 0.6 is 0 Å². The molecule has 3 aromatic rings. The molecule has 0 heterocycles. The van der Waals surface area contributed by atoms with E-state index in [2.05, 4.69) is 50.4 Å². The van der Waals surface area contributed by atoms with E-state index in [1.54, 1.807) is 6.92 Å². The van der Waals surface area contributed by atoms with Gasteiger partial charge in [0.15, 0.2) is 6.10 Å². The molecule has 0 saturated carbocycles. The third kappa shape index (κ3) is 4.53. The predicted octanol–water partition coefficient (Wildman–Crippen LogP) is 5.78. The minimum absolute atomic E-state index is 0.0833. The molecule has 0 spiro atoms. The van der Waals surface area contributed by atoms with Crippen molar-refractivity contribution in [1.29, 1.82) is 0 Å². The van der Waals surface area contributed by atoms with E-state index >= 15 is 0 Å². The molecule has 0 saturated heterocycles. The van der Waals surface area contributed by atoms with E-state index in [1.165, 1.54) is 5.56 Å². The Labute approximate surface area is 167 Å². The maximum Gasteiger partial charge on any atom is 0.261 e. The Morgan fingerprint density at radius 3 is 2.21 bits per heavy atom. The first kappa shape index (κ1) is 19.9. The van der Waals surface area contributed by atoms with Crippen LogP contribution in [0.25, 0.3) is 10.8 Å². The highest BCUT2D eigenvalue weighted by Crippen LogP contribution is 2.27. The summed E-state index contributed by atoms with van der Waals surface area (Å²) in [6, 6.07) is 22.3. The van der Waals surface area contributed by atoms with Crippen molar-refractivity contribution < 1.29 is 9.53 Å². The quantitative estimate of drug-likeness (QED) is 0.614. The second kappa shape index (κ2) is 8.05. The molecule has 3 rings (SSSR count). The van der Waals surface area contributed by atoms with Gasteiger partial charge in [-0.15, -0.1) is 0 Å². The lowest BCUT2D eigenvalue weighted by molar-refractivity contribution is -0.127. The van der Waals surface area contributed by atoms with Gasteiger partial charge < -0.3 is 10.1 Å². The molecule has 3 heteroatoms. The van der Waals surface area contributed by atoms with Crippen LogP contribution in [0, 0.1) is 0 Å². The van der Waals surface area contributed by atoms with Gasteiger partial charge in [-0.2, -0.15) is 0 Å². The van der Waals surface area contributed by atoms with Crippen molar-refractivity contribution in [3.8, 4) is 5.75 Å². The van der Waals surface area contributed by atoms with Gasteiger partial charge in [0.05, 0.1) is 6.04 Å². The van der Waals surface area contributed by atoms with Gasteiger partial charge in [-0.1, -0.05) is 81.4 Å². The molecular weight excluding hydrogens is 346 g/mol. The second-order valence-electron chi connectivity index (χ2n) is 8.34. The summed E-state index contributed by atoms with van der Waals surface area (Å²) in [5.41, 5.74) is 2.48. The Balaban J connectivity index is 1.66. The van der Waals surface area contributed by atoms with E-state index in [0.29, 0.717) is 0 Å². The zero-order valence-corrected chi connectivity index (χ0v) is 17.3. The summed E-state index contributed by atoms with van der Waals surface area (Å²) in [5.74, 6) is 0.600. The molecule has 146 valence electrons. The van der Waals surface area contributed by atoms with Crippen molar-refractivity contribution in [2.45, 2.75) is 52.2 Å². The van der Waals surface area contributed by atoms with E-state index in [0.717, 1.165) is 22.1 Å². The van der Waals surface area contributed by atoms with E-state index in [1.807, 2.05) is 49.4 Å². The lowest BCUT2D eigenvalue weighted by Gasteiger charge is -2.22. The molecule has 3 nitrogen and oxygen atoms in total. The number of ether oxygens (including phenoxy) is 1. The van der Waals surface area contributed by atoms with E-state index in [9.17, 15) is 4.79 Å². The van der Waals surface area contributed by atoms with E-state index < -0.39 is 6.10 Å². The highest BCUT2D eigenvalue weighted by molar-refractivity contribution is 5.89. The van der Waals surface area contributed by atoms with Gasteiger partial charge in [-0.3, -0.25) is 4.79 Å². The van der Waals surface area contributed by atoms with Gasteiger partial charge in [0.2, 0.25) is 0 Å². The van der Waals surface area contributed by atoms with Gasteiger partial charge >= 0.3 is 0 Å². The summed E-state index contributed by atoms with van der Waals surface area (Å²) >= 11 is 0. The van der Waals surface area contributed by atoms with Crippen LogP contribution in [0.1, 0.15) is 51.8 Å². The summed E-state index contributed by atoms with van der Waals surface area (Å²) in [6.45, 7) is 10.4. The zero-order valence-electron chi connectivity index (χ0n) is 17.3. The normalized spacial score (nSPS) is 13.8. The average molecular weight is 376 g/mol. The maximum atomic E-state index is 12.7. The van der Waals surface area contributed by atoms with Crippen molar-refractivity contribution in [3.05, 3.63) is 77.9 Å². The highest BCUT2D eigenvalue weighted by Gasteiger charge is 2.19. The van der Waals surface area contributed by atoms with Gasteiger partial charge in [0, 0.05) is 5.39 Å². The number of hydrogen-bond acceptors (Lipinski definition) is 2. The molecule has 0 aliphatic carbocycles. The monoisotopic (exact) mass is 375 g/mol. The molecule has 0 aromatic heterocycles. The van der Waals surface area contributed by atoms with Crippen molar-refractivity contribution >= 4 is 16.7 Å². The highest BCUT2D eigenvalue weighted by atomic mass is 16.5. The number of benzene rings is 3. The fourth-order valence-electron chi connectivity index (χ4n) is 3.23. The first-order valence-corrected chi connectivity index (χ1v) is 9.81. The summed E-state index contributed by atoms with van der Waals surface area (Å²) in [7, 11) is 0. The Kier molecular flexibility index (Phi) is 5.73. The number of hydrogen-bond donors (Lipinski definition) is 1. The smallest absolute Gasteiger partial charge is 0.261 e. The summed E-state index contributed by atoms with van der Waals surface area (Å²) in [4.78, 5) is 12.7. The summed E-state index contributed by atoms with van der Waals surface area (Å²) in [5, 5.41) is 5.17. The molecule has 3 aromatic carbocycles. The maximum absolute atomic E-state index is 12.7. The molecule has 0 bridgehead atoms. The van der Waals surface area contributed by atoms with Crippen LogP contribution in [0.3, 0.4) is 0 Å². The van der Waals surface area contributed by atoms with E-state index in [-0.39, 0.29) is 17.4 Å². The number of carbonyl (C=O) groups is 1. The van der Waals surface area contributed by atoms with Crippen molar-refractivity contribution in [3.63, 3.8) is 0 Å². The Morgan fingerprint density at radius 2 is 1.54 bits per heavy atom. The number of rotatable bonds is 5. The van der Waals surface area contributed by atoms with Crippen LogP contribution in [0.4, 0.5) is 0 Å². The van der Waals surface area contributed by atoms with Gasteiger partial charge in [0.25, 0.3) is 5.91 Å². The number of fused-ring (bicyclic) bond motifs is 1. The summed E-state index contributed by atoms with van der Waals surface area (Å²) < 4.78 is 5.98. The minimum Gasteiger partial charge on any atom is -0.480 e. The van der Waals surface area contributed by atoms with Crippen molar-refractivity contribution in [2.24, 2.45) is 0 Å². The van der Waals surface area contributed by atoms with Crippen LogP contribution in [0.2, 0.25) is 0 Å². The van der Waals surface area contributed by atoms with Crippen LogP contribution in [0.5, 0.6) is 5.75 Å².